The van der Waals surface area contributed by atoms with Crippen LogP contribution in [0.3, 0.4) is 0 Å². The van der Waals surface area contributed by atoms with Crippen molar-refractivity contribution in [2.45, 2.75) is 56.2 Å². The summed E-state index contributed by atoms with van der Waals surface area (Å²) < 4.78 is 46.8. The van der Waals surface area contributed by atoms with Crippen LogP contribution in [0.2, 0.25) is 0 Å². The highest BCUT2D eigenvalue weighted by atomic mass is 32.2. The van der Waals surface area contributed by atoms with Gasteiger partial charge in [0.05, 0.1) is 25.0 Å². The lowest BCUT2D eigenvalue weighted by molar-refractivity contribution is -0.136. The van der Waals surface area contributed by atoms with Gasteiger partial charge in [-0.05, 0) is 49.6 Å². The van der Waals surface area contributed by atoms with Crippen LogP contribution in [-0.4, -0.2) is 63.4 Å². The zero-order valence-electron chi connectivity index (χ0n) is 17.0. The SMILES string of the molecule is [2H]C1C[C@H]2CCC1c1ccccc1OCC(=O)N1CC[C@H](NS(C)(=O)=O)C1CO2. The van der Waals surface area contributed by atoms with Crippen molar-refractivity contribution in [1.29, 1.82) is 0 Å². The molecule has 1 aromatic rings. The first-order valence-corrected chi connectivity index (χ1v) is 11.7. The summed E-state index contributed by atoms with van der Waals surface area (Å²) in [6.45, 7) is 0.602. The van der Waals surface area contributed by atoms with Crippen LogP contribution in [0.4, 0.5) is 0 Å². The Balaban J connectivity index is 1.62. The third kappa shape index (κ3) is 4.34. The van der Waals surface area contributed by atoms with Gasteiger partial charge in [0.25, 0.3) is 5.91 Å². The average Bonchev–Trinajstić information content (AvgIpc) is 3.05. The normalized spacial score (nSPS) is 34.3. The van der Waals surface area contributed by atoms with Gasteiger partial charge in [-0.15, -0.1) is 0 Å². The van der Waals surface area contributed by atoms with E-state index in [1.807, 2.05) is 24.3 Å². The van der Waals surface area contributed by atoms with E-state index in [1.54, 1.807) is 4.90 Å². The number of ether oxygens (including phenoxy) is 2. The highest BCUT2D eigenvalue weighted by Gasteiger charge is 2.39. The zero-order valence-corrected chi connectivity index (χ0v) is 16.9. The first kappa shape index (κ1) is 18.4. The molecule has 5 rings (SSSR count). The lowest BCUT2D eigenvalue weighted by Crippen LogP contribution is -2.50. The fraction of sp³-hybridized carbons (Fsp3) is 0.650. The smallest absolute Gasteiger partial charge is 0.260 e. The lowest BCUT2D eigenvalue weighted by atomic mass is 9.82. The fourth-order valence-electron chi connectivity index (χ4n) is 4.51. The second-order valence-corrected chi connectivity index (χ2v) is 9.66. The van der Waals surface area contributed by atoms with Crippen LogP contribution in [0.25, 0.3) is 0 Å². The third-order valence-corrected chi connectivity index (χ3v) is 6.62. The number of sulfonamides is 1. The molecule has 0 spiro atoms. The summed E-state index contributed by atoms with van der Waals surface area (Å²) in [5.41, 5.74) is 0.979. The summed E-state index contributed by atoms with van der Waals surface area (Å²) in [7, 11) is -3.40. The molecular weight excluding hydrogens is 380 g/mol. The Morgan fingerprint density at radius 3 is 2.82 bits per heavy atom. The number of hydrogen-bond acceptors (Lipinski definition) is 5. The Labute approximate surface area is 167 Å². The van der Waals surface area contributed by atoms with Crippen LogP contribution in [-0.2, 0) is 19.6 Å². The van der Waals surface area contributed by atoms with E-state index in [2.05, 4.69) is 4.72 Å². The van der Waals surface area contributed by atoms with Gasteiger partial charge in [-0.2, -0.15) is 0 Å². The highest BCUT2D eigenvalue weighted by molar-refractivity contribution is 7.88. The molecule has 154 valence electrons. The zero-order chi connectivity index (χ0) is 20.6. The Bertz CT molecular complexity index is 864. The van der Waals surface area contributed by atoms with E-state index >= 15 is 0 Å². The third-order valence-electron chi connectivity index (χ3n) is 5.89. The predicted molar refractivity (Wildman–Crippen MR) is 105 cm³/mol. The van der Waals surface area contributed by atoms with E-state index in [-0.39, 0.29) is 49.6 Å². The van der Waals surface area contributed by atoms with Gasteiger partial charge in [0, 0.05) is 14.0 Å². The molecule has 1 saturated heterocycles. The number of carbonyl (C=O) groups excluding carboxylic acids is 1. The van der Waals surface area contributed by atoms with E-state index in [4.69, 9.17) is 10.8 Å². The lowest BCUT2D eigenvalue weighted by Gasteiger charge is -2.32. The van der Waals surface area contributed by atoms with Crippen molar-refractivity contribution in [2.24, 2.45) is 0 Å². The van der Waals surface area contributed by atoms with Gasteiger partial charge < -0.3 is 14.4 Å². The molecule has 1 amide bonds. The van der Waals surface area contributed by atoms with Crippen LogP contribution < -0.4 is 9.46 Å². The van der Waals surface area contributed by atoms with Crippen molar-refractivity contribution in [3.8, 4) is 5.75 Å². The number of carbonyl (C=O) groups is 1. The summed E-state index contributed by atoms with van der Waals surface area (Å²) >= 11 is 0. The molecule has 5 atom stereocenters. The fourth-order valence-corrected chi connectivity index (χ4v) is 5.33. The quantitative estimate of drug-likeness (QED) is 0.803. The molecule has 28 heavy (non-hydrogen) atoms. The molecule has 8 heteroatoms. The number of amides is 1. The maximum atomic E-state index is 12.9. The average molecular weight is 410 g/mol. The summed E-state index contributed by atoms with van der Waals surface area (Å²) in [4.78, 5) is 14.6. The van der Waals surface area contributed by atoms with Crippen LogP contribution in [0.15, 0.2) is 24.3 Å². The minimum atomic E-state index is -3.40. The molecule has 1 saturated carbocycles. The second-order valence-electron chi connectivity index (χ2n) is 7.88. The molecule has 3 unspecified atom stereocenters. The van der Waals surface area contributed by atoms with E-state index in [0.29, 0.717) is 25.1 Å². The van der Waals surface area contributed by atoms with Gasteiger partial charge in [-0.3, -0.25) is 4.79 Å². The Kier molecular flexibility index (Phi) is 5.26. The molecule has 2 bridgehead atoms. The van der Waals surface area contributed by atoms with Gasteiger partial charge in [-0.25, -0.2) is 13.1 Å². The van der Waals surface area contributed by atoms with Crippen LogP contribution in [0.1, 0.15) is 44.9 Å². The molecule has 4 aliphatic rings. The number of para-hydroxylation sites is 1. The van der Waals surface area contributed by atoms with Gasteiger partial charge in [-0.1, -0.05) is 18.2 Å². The molecule has 3 aliphatic heterocycles. The minimum absolute atomic E-state index is 0.0565. The van der Waals surface area contributed by atoms with Crippen LogP contribution in [0, 0.1) is 0 Å². The number of nitrogens with one attached hydrogen (secondary N) is 1. The Morgan fingerprint density at radius 2 is 2.04 bits per heavy atom. The second kappa shape index (κ2) is 8.00. The Hall–Kier alpha value is -1.64. The molecule has 0 radical (unpaired) electrons. The highest BCUT2D eigenvalue weighted by Crippen LogP contribution is 2.38. The number of rotatable bonds is 2. The summed E-state index contributed by atoms with van der Waals surface area (Å²) in [5.74, 6) is 0.532. The van der Waals surface area contributed by atoms with Crippen LogP contribution >= 0.6 is 0 Å². The number of nitrogens with zero attached hydrogens (tertiary/aromatic N) is 1. The Morgan fingerprint density at radius 1 is 1.21 bits per heavy atom. The molecule has 1 aromatic carbocycles. The molecule has 0 aromatic heterocycles. The monoisotopic (exact) mass is 409 g/mol. The van der Waals surface area contributed by atoms with Gasteiger partial charge in [0.2, 0.25) is 10.0 Å². The predicted octanol–water partition coefficient (Wildman–Crippen LogP) is 1.64. The van der Waals surface area contributed by atoms with Crippen molar-refractivity contribution in [2.75, 3.05) is 26.0 Å². The van der Waals surface area contributed by atoms with Crippen molar-refractivity contribution in [3.63, 3.8) is 0 Å². The molecule has 7 nitrogen and oxygen atoms in total. The summed E-state index contributed by atoms with van der Waals surface area (Å²) in [6.07, 6.45) is 3.58. The van der Waals surface area contributed by atoms with Crippen LogP contribution in [0.5, 0.6) is 5.75 Å². The van der Waals surface area contributed by atoms with E-state index in [9.17, 15) is 13.2 Å². The molecule has 1 N–H and O–H groups in total. The van der Waals surface area contributed by atoms with Crippen molar-refractivity contribution in [3.05, 3.63) is 29.8 Å². The molecular formula is C20H28N2O5S. The van der Waals surface area contributed by atoms with Gasteiger partial charge in [0.15, 0.2) is 6.61 Å². The van der Waals surface area contributed by atoms with E-state index in [0.717, 1.165) is 24.7 Å². The first-order valence-electron chi connectivity index (χ1n) is 10.4. The maximum absolute atomic E-state index is 12.9. The standard InChI is InChI=1S/C20H28N2O5S/c1-28(24,25)21-17-10-11-22-18(17)12-26-15-8-6-14(7-9-15)16-4-2-3-5-19(16)27-13-20(22)23/h2-5,14-15,17-18,21H,6-13H2,1H3/t14?,15-,17-,18?/m0/s1/i6D/t6?,14?,15-,17-,18?. The molecule has 2 fully saturated rings. The largest absolute Gasteiger partial charge is 0.483 e. The number of fused-ring (bicyclic) bond motifs is 5. The number of benzene rings is 1. The topological polar surface area (TPSA) is 84.9 Å². The summed E-state index contributed by atoms with van der Waals surface area (Å²) in [6, 6.07) is 6.90. The van der Waals surface area contributed by atoms with Crippen molar-refractivity contribution < 1.29 is 24.1 Å². The molecule has 1 aliphatic carbocycles. The van der Waals surface area contributed by atoms with Gasteiger partial charge >= 0.3 is 0 Å². The van der Waals surface area contributed by atoms with Crippen molar-refractivity contribution in [1.82, 2.24) is 9.62 Å². The van der Waals surface area contributed by atoms with Crippen molar-refractivity contribution >= 4 is 15.9 Å². The minimum Gasteiger partial charge on any atom is -0.483 e. The molecule has 3 heterocycles. The number of hydrogen-bond donors (Lipinski definition) is 1. The van der Waals surface area contributed by atoms with E-state index in [1.165, 1.54) is 0 Å². The van der Waals surface area contributed by atoms with Gasteiger partial charge in [0.1, 0.15) is 5.75 Å². The first-order chi connectivity index (χ1) is 13.8. The summed E-state index contributed by atoms with van der Waals surface area (Å²) in [5, 5.41) is 0. The maximum Gasteiger partial charge on any atom is 0.260 e. The van der Waals surface area contributed by atoms with E-state index < -0.39 is 10.0 Å².